The number of nitrogens with one attached hydrogen (secondary N) is 2. The van der Waals surface area contributed by atoms with Crippen molar-refractivity contribution in [3.8, 4) is 0 Å². The fourth-order valence-electron chi connectivity index (χ4n) is 2.36. The number of hydrogen-bond acceptors (Lipinski definition) is 3. The molecule has 0 bridgehead atoms. The van der Waals surface area contributed by atoms with Gasteiger partial charge >= 0.3 is 0 Å². The maximum absolute atomic E-state index is 12.6. The molecule has 0 aromatic heterocycles. The van der Waals surface area contributed by atoms with Crippen molar-refractivity contribution in [2.75, 3.05) is 0 Å². The third-order valence-corrected chi connectivity index (χ3v) is 5.56. The summed E-state index contributed by atoms with van der Waals surface area (Å²) in [6.07, 6.45) is 3.06. The van der Waals surface area contributed by atoms with E-state index >= 15 is 0 Å². The van der Waals surface area contributed by atoms with E-state index in [-0.39, 0.29) is 17.3 Å². The molecule has 2 rings (SSSR count). The highest BCUT2D eigenvalue weighted by atomic mass is 35.5. The Kier molecular flexibility index (Phi) is 6.81. The minimum atomic E-state index is -3.69. The second kappa shape index (κ2) is 8.69. The number of hydrogen-bond donors (Lipinski definition) is 2. The van der Waals surface area contributed by atoms with Crippen molar-refractivity contribution in [2.24, 2.45) is 0 Å². The fourth-order valence-corrected chi connectivity index (χ4v) is 4.14. The maximum Gasteiger partial charge on any atom is 0.244 e. The zero-order valence-electron chi connectivity index (χ0n) is 15.5. The summed E-state index contributed by atoms with van der Waals surface area (Å²) < 4.78 is 27.8. The molecule has 144 valence electrons. The van der Waals surface area contributed by atoms with Gasteiger partial charge in [-0.25, -0.2) is 13.1 Å². The van der Waals surface area contributed by atoms with E-state index in [0.29, 0.717) is 10.6 Å². The second-order valence-electron chi connectivity index (χ2n) is 7.07. The molecule has 0 radical (unpaired) electrons. The molecule has 7 heteroatoms. The molecule has 0 unspecified atom stereocenters. The molecule has 0 saturated carbocycles. The normalized spacial score (nSPS) is 12.3. The van der Waals surface area contributed by atoms with Crippen molar-refractivity contribution in [1.82, 2.24) is 10.0 Å². The van der Waals surface area contributed by atoms with Crippen molar-refractivity contribution < 1.29 is 13.2 Å². The Balaban J connectivity index is 2.08. The van der Waals surface area contributed by atoms with Gasteiger partial charge in [0.2, 0.25) is 15.9 Å². The Labute approximate surface area is 165 Å². The summed E-state index contributed by atoms with van der Waals surface area (Å²) in [6.45, 7) is 5.43. The highest BCUT2D eigenvalue weighted by Crippen LogP contribution is 2.18. The zero-order valence-corrected chi connectivity index (χ0v) is 17.1. The van der Waals surface area contributed by atoms with Crippen molar-refractivity contribution in [3.05, 3.63) is 70.8 Å². The molecule has 0 heterocycles. The van der Waals surface area contributed by atoms with Gasteiger partial charge in [0.25, 0.3) is 0 Å². The van der Waals surface area contributed by atoms with Gasteiger partial charge in [-0.05, 0) is 56.2 Å². The summed E-state index contributed by atoms with van der Waals surface area (Å²) in [5.74, 6) is -0.319. The Morgan fingerprint density at radius 3 is 2.33 bits per heavy atom. The number of amides is 1. The van der Waals surface area contributed by atoms with Gasteiger partial charge in [0, 0.05) is 23.2 Å². The molecule has 1 amide bonds. The van der Waals surface area contributed by atoms with Crippen LogP contribution in [0.4, 0.5) is 0 Å². The molecule has 0 atom stereocenters. The van der Waals surface area contributed by atoms with E-state index in [9.17, 15) is 13.2 Å². The smallest absolute Gasteiger partial charge is 0.244 e. The van der Waals surface area contributed by atoms with Gasteiger partial charge in [-0.2, -0.15) is 0 Å². The molecular formula is C20H23ClN2O3S. The van der Waals surface area contributed by atoms with E-state index in [1.807, 2.05) is 0 Å². The van der Waals surface area contributed by atoms with Crippen molar-refractivity contribution in [1.29, 1.82) is 0 Å². The van der Waals surface area contributed by atoms with E-state index in [1.165, 1.54) is 12.1 Å². The van der Waals surface area contributed by atoms with Crippen LogP contribution in [0.5, 0.6) is 0 Å². The van der Waals surface area contributed by atoms with Crippen LogP contribution in [-0.4, -0.2) is 19.9 Å². The summed E-state index contributed by atoms with van der Waals surface area (Å²) >= 11 is 5.83. The van der Waals surface area contributed by atoms with Crippen molar-refractivity contribution in [3.63, 3.8) is 0 Å². The van der Waals surface area contributed by atoms with Gasteiger partial charge < -0.3 is 5.32 Å². The van der Waals surface area contributed by atoms with Gasteiger partial charge in [0.05, 0.1) is 4.90 Å². The van der Waals surface area contributed by atoms with Crippen molar-refractivity contribution >= 4 is 33.6 Å². The van der Waals surface area contributed by atoms with Crippen LogP contribution >= 0.6 is 11.6 Å². The molecular weight excluding hydrogens is 384 g/mol. The Morgan fingerprint density at radius 2 is 1.70 bits per heavy atom. The van der Waals surface area contributed by atoms with Crippen LogP contribution in [0.15, 0.2) is 59.5 Å². The highest BCUT2D eigenvalue weighted by Gasteiger charge is 2.24. The lowest BCUT2D eigenvalue weighted by molar-refractivity contribution is -0.116. The highest BCUT2D eigenvalue weighted by molar-refractivity contribution is 7.89. The maximum atomic E-state index is 12.6. The van der Waals surface area contributed by atoms with Gasteiger partial charge in [0.15, 0.2) is 0 Å². The van der Waals surface area contributed by atoms with E-state index < -0.39 is 15.6 Å². The monoisotopic (exact) mass is 406 g/mol. The Bertz CT molecular complexity index is 930. The summed E-state index contributed by atoms with van der Waals surface area (Å²) in [6, 6.07) is 13.7. The lowest BCUT2D eigenvalue weighted by Gasteiger charge is -2.21. The van der Waals surface area contributed by atoms with E-state index in [2.05, 4.69) is 10.0 Å². The molecule has 2 aromatic rings. The van der Waals surface area contributed by atoms with Crippen molar-refractivity contribution in [2.45, 2.75) is 37.8 Å². The Morgan fingerprint density at radius 1 is 1.07 bits per heavy atom. The van der Waals surface area contributed by atoms with Crippen LogP contribution in [0.25, 0.3) is 6.08 Å². The molecule has 0 fully saturated rings. The number of sulfonamides is 1. The lowest BCUT2D eigenvalue weighted by Crippen LogP contribution is -2.41. The molecule has 0 saturated heterocycles. The Hall–Kier alpha value is -2.15. The van der Waals surface area contributed by atoms with Crippen LogP contribution in [0.1, 0.15) is 31.9 Å². The van der Waals surface area contributed by atoms with Crippen LogP contribution in [-0.2, 0) is 21.4 Å². The summed E-state index contributed by atoms with van der Waals surface area (Å²) in [5.41, 5.74) is 0.755. The standard InChI is InChI=1S/C20H23ClN2O3S/c1-20(2,3)23-27(25,26)18-7-5-4-6-16(18)14-22-19(24)13-10-15-8-11-17(21)12-9-15/h4-13,23H,14H2,1-3H3,(H,22,24)/b13-10+. The second-order valence-corrected chi connectivity index (χ2v) is 9.15. The van der Waals surface area contributed by atoms with Gasteiger partial charge in [-0.3, -0.25) is 4.79 Å². The number of carbonyl (C=O) groups excluding carboxylic acids is 1. The molecule has 2 aromatic carbocycles. The predicted molar refractivity (Wildman–Crippen MR) is 109 cm³/mol. The third-order valence-electron chi connectivity index (χ3n) is 3.45. The summed E-state index contributed by atoms with van der Waals surface area (Å²) in [4.78, 5) is 12.2. The first-order chi connectivity index (χ1) is 12.6. The fraction of sp³-hybridized carbons (Fsp3) is 0.250. The number of carbonyl (C=O) groups is 1. The van der Waals surface area contributed by atoms with Crippen LogP contribution in [0.2, 0.25) is 5.02 Å². The van der Waals surface area contributed by atoms with Crippen LogP contribution in [0, 0.1) is 0 Å². The molecule has 0 aliphatic heterocycles. The zero-order chi connectivity index (χ0) is 20.1. The van der Waals surface area contributed by atoms with Gasteiger partial charge in [-0.1, -0.05) is 41.9 Å². The minimum absolute atomic E-state index is 0.102. The first-order valence-corrected chi connectivity index (χ1v) is 10.3. The third kappa shape index (κ3) is 6.82. The number of halogens is 1. The lowest BCUT2D eigenvalue weighted by atomic mass is 10.1. The first kappa shape index (κ1) is 21.2. The average molecular weight is 407 g/mol. The first-order valence-electron chi connectivity index (χ1n) is 8.40. The topological polar surface area (TPSA) is 75.3 Å². The summed E-state index contributed by atoms with van der Waals surface area (Å²) in [7, 11) is -3.69. The SMILES string of the molecule is CC(C)(C)NS(=O)(=O)c1ccccc1CNC(=O)/C=C/c1ccc(Cl)cc1. The van der Waals surface area contributed by atoms with Crippen LogP contribution < -0.4 is 10.0 Å². The number of benzene rings is 2. The molecule has 0 aliphatic carbocycles. The van der Waals surface area contributed by atoms with Gasteiger partial charge in [-0.15, -0.1) is 0 Å². The van der Waals surface area contributed by atoms with Gasteiger partial charge in [0.1, 0.15) is 0 Å². The average Bonchev–Trinajstić information content (AvgIpc) is 2.57. The molecule has 2 N–H and O–H groups in total. The van der Waals surface area contributed by atoms with E-state index in [4.69, 9.17) is 11.6 Å². The number of rotatable bonds is 6. The quantitative estimate of drug-likeness (QED) is 0.717. The molecule has 0 aliphatic rings. The largest absolute Gasteiger partial charge is 0.348 e. The van der Waals surface area contributed by atoms with E-state index in [0.717, 1.165) is 5.56 Å². The molecule has 27 heavy (non-hydrogen) atoms. The molecule has 0 spiro atoms. The predicted octanol–water partition coefficient (Wildman–Crippen LogP) is 3.75. The summed E-state index contributed by atoms with van der Waals surface area (Å²) in [5, 5.41) is 3.34. The molecule has 5 nitrogen and oxygen atoms in total. The minimum Gasteiger partial charge on any atom is -0.348 e. The van der Waals surface area contributed by atoms with Crippen LogP contribution in [0.3, 0.4) is 0 Å². The van der Waals surface area contributed by atoms with E-state index in [1.54, 1.807) is 69.3 Å².